The molecule has 1 aliphatic heterocycles. The van der Waals surface area contributed by atoms with Crippen LogP contribution in [-0.2, 0) is 14.3 Å². The first-order valence-electron chi connectivity index (χ1n) is 7.62. The molecule has 2 amide bonds. The average Bonchev–Trinajstić information content (AvgIpc) is 3.09. The molecule has 0 radical (unpaired) electrons. The summed E-state index contributed by atoms with van der Waals surface area (Å²) in [6.07, 6.45) is 1.67. The lowest BCUT2D eigenvalue weighted by Gasteiger charge is -2.21. The van der Waals surface area contributed by atoms with Crippen molar-refractivity contribution in [3.05, 3.63) is 11.8 Å². The number of carbonyl (C=O) groups excluding carboxylic acids is 2. The van der Waals surface area contributed by atoms with Crippen molar-refractivity contribution in [2.24, 2.45) is 5.92 Å². The van der Waals surface area contributed by atoms with E-state index in [2.05, 4.69) is 15.8 Å². The van der Waals surface area contributed by atoms with Crippen molar-refractivity contribution in [1.29, 1.82) is 0 Å². The van der Waals surface area contributed by atoms with Crippen LogP contribution < -0.4 is 10.6 Å². The summed E-state index contributed by atoms with van der Waals surface area (Å²) in [6, 6.07) is 1.01. The summed E-state index contributed by atoms with van der Waals surface area (Å²) in [6.45, 7) is 6.34. The van der Waals surface area contributed by atoms with E-state index in [9.17, 15) is 9.59 Å². The molecule has 1 fully saturated rings. The van der Waals surface area contributed by atoms with Gasteiger partial charge in [-0.1, -0.05) is 19.0 Å². The van der Waals surface area contributed by atoms with E-state index in [1.165, 1.54) is 0 Å². The van der Waals surface area contributed by atoms with Gasteiger partial charge in [0.2, 0.25) is 11.8 Å². The van der Waals surface area contributed by atoms with E-state index in [1.807, 2.05) is 13.8 Å². The fourth-order valence-corrected chi connectivity index (χ4v) is 2.39. The third kappa shape index (κ3) is 4.56. The number of amides is 2. The lowest BCUT2D eigenvalue weighted by molar-refractivity contribution is -0.133. The molecule has 0 spiro atoms. The van der Waals surface area contributed by atoms with Crippen LogP contribution in [0.2, 0.25) is 0 Å². The number of hydrogen-bond acceptors (Lipinski definition) is 5. The van der Waals surface area contributed by atoms with Crippen LogP contribution in [0.25, 0.3) is 0 Å². The molecule has 0 aromatic carbocycles. The molecule has 22 heavy (non-hydrogen) atoms. The molecule has 2 atom stereocenters. The van der Waals surface area contributed by atoms with Gasteiger partial charge in [0.25, 0.3) is 0 Å². The fraction of sp³-hybridized carbons (Fsp3) is 0.667. The maximum absolute atomic E-state index is 12.4. The highest BCUT2D eigenvalue weighted by molar-refractivity contribution is 5.97. The number of nitrogens with one attached hydrogen (secondary N) is 2. The van der Waals surface area contributed by atoms with Gasteiger partial charge in [0.15, 0.2) is 5.82 Å². The zero-order valence-electron chi connectivity index (χ0n) is 13.2. The van der Waals surface area contributed by atoms with Crippen molar-refractivity contribution in [2.45, 2.75) is 52.2 Å². The van der Waals surface area contributed by atoms with E-state index in [4.69, 9.17) is 9.26 Å². The largest absolute Gasteiger partial charge is 0.368 e. The first kappa shape index (κ1) is 16.5. The van der Waals surface area contributed by atoms with Crippen molar-refractivity contribution in [3.8, 4) is 0 Å². The lowest BCUT2D eigenvalue weighted by atomic mass is 10.0. The smallest absolute Gasteiger partial charge is 0.249 e. The highest BCUT2D eigenvalue weighted by Gasteiger charge is 2.29. The predicted molar refractivity (Wildman–Crippen MR) is 80.2 cm³/mol. The Hall–Kier alpha value is -1.89. The Morgan fingerprint density at radius 2 is 2.23 bits per heavy atom. The minimum atomic E-state index is -0.617. The maximum atomic E-state index is 12.4. The van der Waals surface area contributed by atoms with Gasteiger partial charge < -0.3 is 19.9 Å². The SMILES string of the molecule is Cc1cc(NC(=O)[C@H](CC(C)C)NC(=O)C2CCCO2)no1. The Balaban J connectivity index is 1.97. The summed E-state index contributed by atoms with van der Waals surface area (Å²) in [5, 5.41) is 9.18. The summed E-state index contributed by atoms with van der Waals surface area (Å²) in [5.74, 6) is 0.698. The van der Waals surface area contributed by atoms with Gasteiger partial charge in [0.05, 0.1) is 0 Å². The zero-order valence-corrected chi connectivity index (χ0v) is 13.2. The minimum Gasteiger partial charge on any atom is -0.368 e. The van der Waals surface area contributed by atoms with Crippen molar-refractivity contribution in [1.82, 2.24) is 10.5 Å². The molecule has 0 bridgehead atoms. The molecule has 2 rings (SSSR count). The van der Waals surface area contributed by atoms with Crippen molar-refractivity contribution < 1.29 is 18.8 Å². The second-order valence-electron chi connectivity index (χ2n) is 6.00. The molecule has 7 nitrogen and oxygen atoms in total. The van der Waals surface area contributed by atoms with Gasteiger partial charge >= 0.3 is 0 Å². The number of ether oxygens (including phenoxy) is 1. The molecule has 1 saturated heterocycles. The third-order valence-electron chi connectivity index (χ3n) is 3.44. The monoisotopic (exact) mass is 309 g/mol. The topological polar surface area (TPSA) is 93.5 Å². The molecular weight excluding hydrogens is 286 g/mol. The molecule has 1 unspecified atom stereocenters. The first-order chi connectivity index (χ1) is 10.5. The van der Waals surface area contributed by atoms with E-state index < -0.39 is 12.1 Å². The van der Waals surface area contributed by atoms with Crippen molar-refractivity contribution >= 4 is 17.6 Å². The van der Waals surface area contributed by atoms with Crippen LogP contribution in [0.1, 0.15) is 38.9 Å². The Labute approximate surface area is 129 Å². The van der Waals surface area contributed by atoms with Gasteiger partial charge in [-0.2, -0.15) is 0 Å². The number of carbonyl (C=O) groups is 2. The van der Waals surface area contributed by atoms with Crippen LogP contribution in [0.5, 0.6) is 0 Å². The maximum Gasteiger partial charge on any atom is 0.249 e. The van der Waals surface area contributed by atoms with Crippen LogP contribution in [-0.4, -0.2) is 35.7 Å². The fourth-order valence-electron chi connectivity index (χ4n) is 2.39. The van der Waals surface area contributed by atoms with Gasteiger partial charge in [-0.25, -0.2) is 0 Å². The second-order valence-corrected chi connectivity index (χ2v) is 6.00. The van der Waals surface area contributed by atoms with Crippen molar-refractivity contribution in [2.75, 3.05) is 11.9 Å². The van der Waals surface area contributed by atoms with Gasteiger partial charge in [-0.15, -0.1) is 0 Å². The molecule has 7 heteroatoms. The standard InChI is InChI=1S/C15H23N3O4/c1-9(2)7-11(16-15(20)12-5-4-6-21-12)14(19)17-13-8-10(3)22-18-13/h8-9,11-12H,4-7H2,1-3H3,(H,16,20)(H,17,18,19)/t11-,12?/m0/s1. The van der Waals surface area contributed by atoms with Gasteiger partial charge in [0, 0.05) is 12.7 Å². The second kappa shape index (κ2) is 7.40. The summed E-state index contributed by atoms with van der Waals surface area (Å²) < 4.78 is 10.3. The van der Waals surface area contributed by atoms with Crippen LogP contribution >= 0.6 is 0 Å². The Kier molecular flexibility index (Phi) is 5.54. The minimum absolute atomic E-state index is 0.227. The average molecular weight is 309 g/mol. The van der Waals surface area contributed by atoms with Crippen LogP contribution in [0.4, 0.5) is 5.82 Å². The molecule has 2 N–H and O–H groups in total. The molecule has 1 aromatic heterocycles. The van der Waals surface area contributed by atoms with Crippen LogP contribution in [0.3, 0.4) is 0 Å². The molecule has 1 aromatic rings. The molecule has 122 valence electrons. The van der Waals surface area contributed by atoms with E-state index in [1.54, 1.807) is 13.0 Å². The molecular formula is C15H23N3O4. The molecule has 2 heterocycles. The Bertz CT molecular complexity index is 521. The van der Waals surface area contributed by atoms with E-state index >= 15 is 0 Å². The first-order valence-corrected chi connectivity index (χ1v) is 7.62. The summed E-state index contributed by atoms with van der Waals surface area (Å²) >= 11 is 0. The molecule has 1 aliphatic rings. The van der Waals surface area contributed by atoms with Gasteiger partial charge in [-0.3, -0.25) is 9.59 Å². The number of rotatable bonds is 6. The van der Waals surface area contributed by atoms with Gasteiger partial charge in [0.1, 0.15) is 17.9 Å². The highest BCUT2D eigenvalue weighted by Crippen LogP contribution is 2.14. The van der Waals surface area contributed by atoms with Crippen molar-refractivity contribution in [3.63, 3.8) is 0 Å². The van der Waals surface area contributed by atoms with Gasteiger partial charge in [-0.05, 0) is 32.1 Å². The summed E-state index contributed by atoms with van der Waals surface area (Å²) in [5.41, 5.74) is 0. The lowest BCUT2D eigenvalue weighted by Crippen LogP contribution is -2.48. The number of anilines is 1. The van der Waals surface area contributed by atoms with E-state index in [0.717, 1.165) is 6.42 Å². The van der Waals surface area contributed by atoms with E-state index in [-0.39, 0.29) is 17.7 Å². The molecule has 0 aliphatic carbocycles. The number of nitrogens with zero attached hydrogens (tertiary/aromatic N) is 1. The number of aryl methyl sites for hydroxylation is 1. The molecule has 0 saturated carbocycles. The number of hydrogen-bond donors (Lipinski definition) is 2. The highest BCUT2D eigenvalue weighted by atomic mass is 16.5. The summed E-state index contributed by atoms with van der Waals surface area (Å²) in [4.78, 5) is 24.5. The number of aromatic nitrogens is 1. The predicted octanol–water partition coefficient (Wildman–Crippen LogP) is 1.63. The Morgan fingerprint density at radius 1 is 1.45 bits per heavy atom. The van der Waals surface area contributed by atoms with E-state index in [0.29, 0.717) is 31.0 Å². The summed E-state index contributed by atoms with van der Waals surface area (Å²) in [7, 11) is 0. The Morgan fingerprint density at radius 3 is 2.77 bits per heavy atom. The normalized spacial score (nSPS) is 19.2. The zero-order chi connectivity index (χ0) is 16.1. The van der Waals surface area contributed by atoms with Crippen LogP contribution in [0.15, 0.2) is 10.6 Å². The van der Waals surface area contributed by atoms with Crippen LogP contribution in [0, 0.1) is 12.8 Å². The quantitative estimate of drug-likeness (QED) is 0.833. The third-order valence-corrected chi connectivity index (χ3v) is 3.44.